The molecular weight excluding hydrogens is 865 g/mol. The van der Waals surface area contributed by atoms with E-state index in [1.54, 1.807) is 0 Å². The second-order valence-electron chi connectivity index (χ2n) is 21.7. The standard InChI is InChI=1S/C32H88O9Si12/c1-32(2)30-33-31-53(39-49(18,19)26-24-42-34-44(3,4)5,40-50(20,21)27-25-43-35-45(6,7)8)41-51(22,23)28-29-52(36-46(9,10)11,37-47(12,13)14)38-48(15,16)17/h1,24-31,42-43H2,2-23H3. The van der Waals surface area contributed by atoms with E-state index in [0.717, 1.165) is 41.8 Å². The molecule has 0 unspecified atom stereocenters. The molecule has 0 heterocycles. The largest absolute Gasteiger partial charge is 0.496 e. The summed E-state index contributed by atoms with van der Waals surface area (Å²) in [5.74, 6) is 0. The van der Waals surface area contributed by atoms with Crippen molar-refractivity contribution in [3.8, 4) is 0 Å². The first-order chi connectivity index (χ1) is 23.3. The zero-order chi connectivity index (χ0) is 42.0. The van der Waals surface area contributed by atoms with Crippen molar-refractivity contribution < 1.29 is 37.7 Å². The SMILES string of the molecule is C=C(C)COC[Si](O[Si](C)(C)CC[SiH2]O[Si](C)(C)C)(O[Si](C)(C)CC[SiH2]O[Si](C)(C)C)O[Si](C)(C)CC[Si](O[Si](C)(C)C)(O[Si](C)(C)C)O[Si](C)(C)C. The molecule has 0 spiro atoms. The van der Waals surface area contributed by atoms with Crippen molar-refractivity contribution in [2.75, 3.05) is 12.8 Å². The van der Waals surface area contributed by atoms with Gasteiger partial charge >= 0.3 is 17.6 Å². The van der Waals surface area contributed by atoms with Gasteiger partial charge in [-0.15, -0.1) is 0 Å². The maximum atomic E-state index is 7.60. The second-order valence-corrected chi connectivity index (χ2v) is 67.8. The van der Waals surface area contributed by atoms with Crippen LogP contribution in [0.1, 0.15) is 6.92 Å². The van der Waals surface area contributed by atoms with Crippen molar-refractivity contribution >= 4 is 104 Å². The van der Waals surface area contributed by atoms with Crippen LogP contribution in [0.5, 0.6) is 0 Å². The van der Waals surface area contributed by atoms with Crippen LogP contribution in [0.4, 0.5) is 0 Å². The summed E-state index contributed by atoms with van der Waals surface area (Å²) < 4.78 is 63.2. The number of rotatable bonds is 29. The van der Waals surface area contributed by atoms with Gasteiger partial charge in [0.05, 0.1) is 6.61 Å². The maximum absolute atomic E-state index is 7.60. The van der Waals surface area contributed by atoms with Crippen molar-refractivity contribution in [2.45, 2.75) is 181 Å². The first kappa shape index (κ1) is 55.0. The highest BCUT2D eigenvalue weighted by atomic mass is 28.5. The highest BCUT2D eigenvalue weighted by Gasteiger charge is 2.55. The van der Waals surface area contributed by atoms with E-state index in [9.17, 15) is 0 Å². The predicted molar refractivity (Wildman–Crippen MR) is 261 cm³/mol. The molecule has 0 N–H and O–H groups in total. The Balaban J connectivity index is 6.96. The summed E-state index contributed by atoms with van der Waals surface area (Å²) in [6.07, 6.45) is 0.333. The van der Waals surface area contributed by atoms with Gasteiger partial charge in [-0.05, 0) is 175 Å². The molecule has 0 aromatic rings. The van der Waals surface area contributed by atoms with E-state index in [2.05, 4.69) is 144 Å². The third-order valence-corrected chi connectivity index (χ3v) is 46.5. The van der Waals surface area contributed by atoms with Crippen LogP contribution in [-0.2, 0) is 37.7 Å². The first-order valence-corrected chi connectivity index (χ1v) is 53.4. The van der Waals surface area contributed by atoms with Gasteiger partial charge < -0.3 is 37.7 Å². The molecule has 0 fully saturated rings. The predicted octanol–water partition coefficient (Wildman–Crippen LogP) is 9.92. The Morgan fingerprint density at radius 3 is 1.02 bits per heavy atom. The molecule has 0 saturated carbocycles. The summed E-state index contributed by atoms with van der Waals surface area (Å²) in [6.45, 7) is 54.6. The van der Waals surface area contributed by atoms with E-state index in [4.69, 9.17) is 37.7 Å². The third kappa shape index (κ3) is 29.8. The number of hydrogen-bond donors (Lipinski definition) is 0. The highest BCUT2D eigenvalue weighted by Crippen LogP contribution is 2.36. The molecule has 0 aromatic heterocycles. The minimum absolute atomic E-state index is 0.333. The van der Waals surface area contributed by atoms with E-state index in [-0.39, 0.29) is 0 Å². The van der Waals surface area contributed by atoms with Gasteiger partial charge in [0, 0.05) is 6.04 Å². The van der Waals surface area contributed by atoms with Gasteiger partial charge in [-0.3, -0.25) is 0 Å². The summed E-state index contributed by atoms with van der Waals surface area (Å²) in [4.78, 5) is 0. The van der Waals surface area contributed by atoms with Gasteiger partial charge in [-0.25, -0.2) is 0 Å². The molecule has 0 radical (unpaired) electrons. The Kier molecular flexibility index (Phi) is 22.3. The molecule has 0 atom stereocenters. The summed E-state index contributed by atoms with van der Waals surface area (Å²) in [7, 11) is -23.9. The number of ether oxygens (including phenoxy) is 1. The molecule has 53 heavy (non-hydrogen) atoms. The van der Waals surface area contributed by atoms with Gasteiger partial charge in [0.15, 0.2) is 66.5 Å². The molecule has 0 aliphatic heterocycles. The average Bonchev–Trinajstić information content (AvgIpc) is 2.83. The summed E-state index contributed by atoms with van der Waals surface area (Å²) in [5.41, 5.74) is 0.979. The zero-order valence-electron chi connectivity index (χ0n) is 39.0. The molecule has 0 saturated heterocycles. The van der Waals surface area contributed by atoms with Crippen molar-refractivity contribution in [2.24, 2.45) is 0 Å². The topological polar surface area (TPSA) is 83.1 Å². The van der Waals surface area contributed by atoms with Crippen LogP contribution in [0.15, 0.2) is 12.2 Å². The summed E-state index contributed by atoms with van der Waals surface area (Å²) in [6, 6.07) is 5.83. The van der Waals surface area contributed by atoms with Crippen molar-refractivity contribution in [1.82, 2.24) is 0 Å². The molecule has 0 aliphatic rings. The molecule has 0 aromatic carbocycles. The van der Waals surface area contributed by atoms with Gasteiger partial charge in [0.25, 0.3) is 0 Å². The fourth-order valence-electron chi connectivity index (χ4n) is 5.74. The minimum Gasteiger partial charge on any atom is -0.461 e. The smallest absolute Gasteiger partial charge is 0.461 e. The lowest BCUT2D eigenvalue weighted by molar-refractivity contribution is 0.132. The van der Waals surface area contributed by atoms with Gasteiger partial charge in [0.1, 0.15) is 25.8 Å². The molecule has 9 nitrogen and oxygen atoms in total. The van der Waals surface area contributed by atoms with Crippen molar-refractivity contribution in [3.63, 3.8) is 0 Å². The monoisotopic (exact) mass is 952 g/mol. The van der Waals surface area contributed by atoms with E-state index in [0.29, 0.717) is 12.8 Å². The quantitative estimate of drug-likeness (QED) is 0.0414. The zero-order valence-corrected chi connectivity index (χ0v) is 51.8. The fraction of sp³-hybridized carbons (Fsp3) is 0.938. The normalized spacial score (nSPS) is 16.3. The molecule has 0 bridgehead atoms. The van der Waals surface area contributed by atoms with Crippen LogP contribution in [0, 0.1) is 0 Å². The Bertz CT molecular complexity index is 1020. The van der Waals surface area contributed by atoms with Crippen LogP contribution in [0.3, 0.4) is 0 Å². The Labute approximate surface area is 344 Å². The Hall–Kier alpha value is 1.98. The third-order valence-electron chi connectivity index (χ3n) is 7.26. The second kappa shape index (κ2) is 21.5. The van der Waals surface area contributed by atoms with Gasteiger partial charge in [0.2, 0.25) is 0 Å². The van der Waals surface area contributed by atoms with Crippen LogP contribution >= 0.6 is 0 Å². The summed E-state index contributed by atoms with van der Waals surface area (Å²) >= 11 is 0. The van der Waals surface area contributed by atoms with Gasteiger partial charge in [-0.1, -0.05) is 12.2 Å². The lowest BCUT2D eigenvalue weighted by Crippen LogP contribution is -2.65. The van der Waals surface area contributed by atoms with E-state index in [1.807, 2.05) is 6.92 Å². The van der Waals surface area contributed by atoms with Crippen LogP contribution in [0.2, 0.25) is 174 Å². The Morgan fingerprint density at radius 2 is 0.736 bits per heavy atom. The average molecular weight is 954 g/mol. The molecule has 0 amide bonds. The fourth-order valence-corrected chi connectivity index (χ4v) is 51.4. The molecule has 318 valence electrons. The first-order valence-electron chi connectivity index (χ1n) is 20.0. The lowest BCUT2D eigenvalue weighted by atomic mass is 10.4. The Morgan fingerprint density at radius 1 is 0.415 bits per heavy atom. The summed E-state index contributed by atoms with van der Waals surface area (Å²) in [5, 5.41) is 0. The molecule has 0 aliphatic carbocycles. The van der Waals surface area contributed by atoms with Crippen LogP contribution in [-0.4, -0.2) is 117 Å². The van der Waals surface area contributed by atoms with E-state index in [1.165, 1.54) is 0 Å². The minimum atomic E-state index is -3.39. The maximum Gasteiger partial charge on any atom is 0.496 e. The van der Waals surface area contributed by atoms with E-state index < -0.39 is 104 Å². The van der Waals surface area contributed by atoms with E-state index >= 15 is 0 Å². The highest BCUT2D eigenvalue weighted by molar-refractivity contribution is 6.93. The lowest BCUT2D eigenvalue weighted by Gasteiger charge is -2.46. The van der Waals surface area contributed by atoms with Crippen molar-refractivity contribution in [1.29, 1.82) is 0 Å². The van der Waals surface area contributed by atoms with Crippen LogP contribution in [0.25, 0.3) is 0 Å². The molecule has 0 rings (SSSR count). The molecule has 21 heteroatoms. The van der Waals surface area contributed by atoms with Gasteiger partial charge in [-0.2, -0.15) is 0 Å². The number of hydrogen-bond acceptors (Lipinski definition) is 9. The molecular formula is C32H88O9Si12. The van der Waals surface area contributed by atoms with Crippen molar-refractivity contribution in [3.05, 3.63) is 12.2 Å². The van der Waals surface area contributed by atoms with Crippen LogP contribution < -0.4 is 0 Å².